The van der Waals surface area contributed by atoms with Gasteiger partial charge in [0.25, 0.3) is 11.6 Å². The molecule has 0 saturated heterocycles. The molecule has 8 heteroatoms. The van der Waals surface area contributed by atoms with Crippen molar-refractivity contribution in [1.82, 2.24) is 0 Å². The number of nitro benzene ring substituents is 1. The topological polar surface area (TPSA) is 98.5 Å². The minimum atomic E-state index is -0.699. The number of hydrogen-bond donors (Lipinski definition) is 1. The van der Waals surface area contributed by atoms with Crippen LogP contribution in [0.15, 0.2) is 48.5 Å². The molecular formula is C18H15ClN2O5. The normalized spacial score (nSPS) is 10.5. The number of aryl methyl sites for hydroxylation is 1. The predicted molar refractivity (Wildman–Crippen MR) is 97.9 cm³/mol. The summed E-state index contributed by atoms with van der Waals surface area (Å²) in [7, 11) is 0. The molecule has 0 unspecified atom stereocenters. The highest BCUT2D eigenvalue weighted by atomic mass is 35.5. The zero-order valence-electron chi connectivity index (χ0n) is 13.8. The van der Waals surface area contributed by atoms with Gasteiger partial charge in [0.05, 0.1) is 4.92 Å². The highest BCUT2D eigenvalue weighted by Crippen LogP contribution is 2.22. The number of benzene rings is 2. The lowest BCUT2D eigenvalue weighted by Gasteiger charge is -2.06. The Bertz CT molecular complexity index is 880. The van der Waals surface area contributed by atoms with Gasteiger partial charge in [-0.2, -0.15) is 0 Å². The average molecular weight is 375 g/mol. The van der Waals surface area contributed by atoms with E-state index in [1.807, 2.05) is 0 Å². The van der Waals surface area contributed by atoms with Crippen molar-refractivity contribution in [1.29, 1.82) is 0 Å². The van der Waals surface area contributed by atoms with E-state index in [1.54, 1.807) is 31.2 Å². The van der Waals surface area contributed by atoms with Crippen molar-refractivity contribution in [2.75, 3.05) is 11.9 Å². The third-order valence-electron chi connectivity index (χ3n) is 3.30. The highest BCUT2D eigenvalue weighted by Gasteiger charge is 2.13. The van der Waals surface area contributed by atoms with Gasteiger partial charge in [0.2, 0.25) is 0 Å². The van der Waals surface area contributed by atoms with Crippen LogP contribution < -0.4 is 5.32 Å². The van der Waals surface area contributed by atoms with Gasteiger partial charge in [-0.05, 0) is 36.8 Å². The Balaban J connectivity index is 1.87. The summed E-state index contributed by atoms with van der Waals surface area (Å²) in [6.07, 6.45) is 2.69. The van der Waals surface area contributed by atoms with E-state index < -0.39 is 23.4 Å². The van der Waals surface area contributed by atoms with E-state index in [0.29, 0.717) is 16.1 Å². The van der Waals surface area contributed by atoms with Crippen molar-refractivity contribution in [2.24, 2.45) is 0 Å². The molecule has 0 saturated carbocycles. The van der Waals surface area contributed by atoms with Gasteiger partial charge in [0.15, 0.2) is 6.61 Å². The first-order chi connectivity index (χ1) is 12.3. The first-order valence-corrected chi connectivity index (χ1v) is 7.88. The molecule has 0 aromatic heterocycles. The van der Waals surface area contributed by atoms with Crippen molar-refractivity contribution < 1.29 is 19.2 Å². The number of ether oxygens (including phenoxy) is 1. The largest absolute Gasteiger partial charge is 0.452 e. The summed E-state index contributed by atoms with van der Waals surface area (Å²) >= 11 is 5.84. The van der Waals surface area contributed by atoms with E-state index in [9.17, 15) is 19.7 Å². The number of rotatable bonds is 6. The van der Waals surface area contributed by atoms with Crippen molar-refractivity contribution in [3.63, 3.8) is 0 Å². The molecule has 0 fully saturated rings. The molecule has 26 heavy (non-hydrogen) atoms. The number of anilines is 1. The van der Waals surface area contributed by atoms with Crippen LogP contribution in [0.25, 0.3) is 6.08 Å². The summed E-state index contributed by atoms with van der Waals surface area (Å²) < 4.78 is 4.82. The molecule has 2 rings (SSSR count). The summed E-state index contributed by atoms with van der Waals surface area (Å²) in [5.41, 5.74) is 1.33. The third-order valence-corrected chi connectivity index (χ3v) is 3.53. The molecule has 7 nitrogen and oxygen atoms in total. The van der Waals surface area contributed by atoms with Crippen LogP contribution in [0.2, 0.25) is 5.02 Å². The molecule has 0 aliphatic rings. The zero-order valence-corrected chi connectivity index (χ0v) is 14.5. The Kier molecular flexibility index (Phi) is 6.46. The van der Waals surface area contributed by atoms with Crippen LogP contribution in [0.3, 0.4) is 0 Å². The summed E-state index contributed by atoms with van der Waals surface area (Å²) in [4.78, 5) is 33.8. The number of nitro groups is 1. The minimum Gasteiger partial charge on any atom is -0.452 e. The second-order valence-corrected chi connectivity index (χ2v) is 5.74. The van der Waals surface area contributed by atoms with E-state index in [-0.39, 0.29) is 11.4 Å². The molecule has 0 radical (unpaired) electrons. The van der Waals surface area contributed by atoms with Gasteiger partial charge < -0.3 is 10.1 Å². The highest BCUT2D eigenvalue weighted by molar-refractivity contribution is 6.30. The molecule has 0 heterocycles. The van der Waals surface area contributed by atoms with Crippen LogP contribution in [0.1, 0.15) is 11.1 Å². The molecule has 1 N–H and O–H groups in total. The third kappa shape index (κ3) is 5.71. The van der Waals surface area contributed by atoms with E-state index >= 15 is 0 Å². The zero-order chi connectivity index (χ0) is 19.1. The lowest BCUT2D eigenvalue weighted by atomic mass is 10.2. The van der Waals surface area contributed by atoms with E-state index in [4.69, 9.17) is 16.3 Å². The van der Waals surface area contributed by atoms with Crippen molar-refractivity contribution >= 4 is 40.9 Å². The second-order valence-electron chi connectivity index (χ2n) is 5.30. The predicted octanol–water partition coefficient (Wildman–Crippen LogP) is 3.75. The van der Waals surface area contributed by atoms with Crippen LogP contribution in [-0.2, 0) is 14.3 Å². The monoisotopic (exact) mass is 374 g/mol. The summed E-state index contributed by atoms with van der Waals surface area (Å²) in [6, 6.07) is 11.2. The molecular weight excluding hydrogens is 360 g/mol. The fraction of sp³-hybridized carbons (Fsp3) is 0.111. The SMILES string of the molecule is Cc1ccc(NC(=O)COC(=O)/C=C/c2cccc(Cl)c2)cc1[N+](=O)[O-]. The number of hydrogen-bond acceptors (Lipinski definition) is 5. The number of halogens is 1. The van der Waals surface area contributed by atoms with Gasteiger partial charge in [0.1, 0.15) is 0 Å². The van der Waals surface area contributed by atoms with Gasteiger partial charge in [0, 0.05) is 28.4 Å². The summed E-state index contributed by atoms with van der Waals surface area (Å²) in [5, 5.41) is 13.9. The number of amides is 1. The van der Waals surface area contributed by atoms with Crippen molar-refractivity contribution in [3.8, 4) is 0 Å². The van der Waals surface area contributed by atoms with Crippen LogP contribution in [0.4, 0.5) is 11.4 Å². The Morgan fingerprint density at radius 2 is 2.04 bits per heavy atom. The van der Waals surface area contributed by atoms with E-state index in [2.05, 4.69) is 5.32 Å². The van der Waals surface area contributed by atoms with E-state index in [1.165, 1.54) is 30.4 Å². The maximum absolute atomic E-state index is 11.8. The van der Waals surface area contributed by atoms with Crippen LogP contribution >= 0.6 is 11.6 Å². The maximum Gasteiger partial charge on any atom is 0.331 e. The van der Waals surface area contributed by atoms with Crippen LogP contribution in [0.5, 0.6) is 0 Å². The summed E-state index contributed by atoms with van der Waals surface area (Å²) in [5.74, 6) is -1.30. The molecule has 134 valence electrons. The van der Waals surface area contributed by atoms with E-state index in [0.717, 1.165) is 0 Å². The Labute approximate surface area is 154 Å². The van der Waals surface area contributed by atoms with Gasteiger partial charge in [-0.1, -0.05) is 29.8 Å². The molecule has 0 aliphatic heterocycles. The minimum absolute atomic E-state index is 0.107. The molecule has 0 bridgehead atoms. The number of nitrogens with zero attached hydrogens (tertiary/aromatic N) is 1. The molecule has 2 aromatic carbocycles. The Hall–Kier alpha value is -3.19. The van der Waals surface area contributed by atoms with Crippen LogP contribution in [-0.4, -0.2) is 23.4 Å². The molecule has 1 amide bonds. The lowest BCUT2D eigenvalue weighted by Crippen LogP contribution is -2.20. The quantitative estimate of drug-likeness (QED) is 0.359. The van der Waals surface area contributed by atoms with Crippen molar-refractivity contribution in [2.45, 2.75) is 6.92 Å². The first-order valence-electron chi connectivity index (χ1n) is 7.50. The molecule has 2 aromatic rings. The van der Waals surface area contributed by atoms with Crippen molar-refractivity contribution in [3.05, 3.63) is 74.8 Å². The molecule has 0 aliphatic carbocycles. The maximum atomic E-state index is 11.8. The van der Waals surface area contributed by atoms with Gasteiger partial charge in [-0.3, -0.25) is 14.9 Å². The molecule has 0 spiro atoms. The average Bonchev–Trinajstić information content (AvgIpc) is 2.59. The summed E-state index contributed by atoms with van der Waals surface area (Å²) in [6.45, 7) is 1.08. The smallest absolute Gasteiger partial charge is 0.331 e. The number of esters is 1. The standard InChI is InChI=1S/C18H15ClN2O5/c1-12-5-7-15(10-16(12)21(24)25)20-17(22)11-26-18(23)8-6-13-3-2-4-14(19)9-13/h2-10H,11H2,1H3,(H,20,22)/b8-6+. The number of nitrogens with one attached hydrogen (secondary N) is 1. The Morgan fingerprint density at radius 3 is 2.73 bits per heavy atom. The lowest BCUT2D eigenvalue weighted by molar-refractivity contribution is -0.385. The number of carbonyl (C=O) groups excluding carboxylic acids is 2. The Morgan fingerprint density at radius 1 is 1.27 bits per heavy atom. The van der Waals surface area contributed by atoms with Gasteiger partial charge in [-0.25, -0.2) is 4.79 Å². The number of carbonyl (C=O) groups is 2. The first kappa shape index (κ1) is 19.1. The van der Waals surface area contributed by atoms with Gasteiger partial charge in [-0.15, -0.1) is 0 Å². The van der Waals surface area contributed by atoms with Crippen LogP contribution in [0, 0.1) is 17.0 Å². The molecule has 0 atom stereocenters. The second kappa shape index (κ2) is 8.77. The fourth-order valence-corrected chi connectivity index (χ4v) is 2.24. The van der Waals surface area contributed by atoms with Gasteiger partial charge >= 0.3 is 5.97 Å². The fourth-order valence-electron chi connectivity index (χ4n) is 2.04.